The number of hydrogen-bond acceptors (Lipinski definition) is 4. The first-order chi connectivity index (χ1) is 8.79. The number of benzene rings is 2. The van der Waals surface area contributed by atoms with Crippen LogP contribution in [-0.2, 0) is 10.1 Å². The van der Waals surface area contributed by atoms with Gasteiger partial charge in [0.15, 0.2) is 0 Å². The normalized spacial score (nSPS) is 10.4. The highest BCUT2D eigenvalue weighted by Crippen LogP contribution is 2.13. The second kappa shape index (κ2) is 6.21. The molecule has 102 valence electrons. The van der Waals surface area contributed by atoms with Crippen LogP contribution in [0.15, 0.2) is 53.4 Å². The summed E-state index contributed by atoms with van der Waals surface area (Å²) >= 11 is 0. The summed E-state index contributed by atoms with van der Waals surface area (Å²) in [5, 5.41) is 17.3. The smallest absolute Gasteiger partial charge is 0.294 e. The van der Waals surface area contributed by atoms with Crippen LogP contribution in [0.2, 0.25) is 0 Å². The van der Waals surface area contributed by atoms with Crippen molar-refractivity contribution in [2.75, 3.05) is 0 Å². The molecule has 0 aliphatic rings. The number of hydrogen-bond donors (Lipinski definition) is 3. The highest BCUT2D eigenvalue weighted by Gasteiger charge is 2.06. The standard InChI is InChI=1S/C7H8O3S.C6H6O2/c1-6-2-4-7(5-3-6)11(8,9)10;7-5-1-2-6(8)4-3-5/h2-5H,1H3,(H,8,9,10);1-4,7-8H. The lowest BCUT2D eigenvalue weighted by Crippen LogP contribution is -1.96. The highest BCUT2D eigenvalue weighted by atomic mass is 32.2. The SMILES string of the molecule is Cc1ccc(S(=O)(=O)O)cc1.Oc1ccc(O)cc1. The van der Waals surface area contributed by atoms with Gasteiger partial charge in [-0.05, 0) is 43.3 Å². The molecule has 6 heteroatoms. The zero-order valence-corrected chi connectivity index (χ0v) is 11.0. The average molecular weight is 282 g/mol. The Morgan fingerprint density at radius 2 is 1.16 bits per heavy atom. The fraction of sp³-hybridized carbons (Fsp3) is 0.0769. The molecule has 2 rings (SSSR count). The largest absolute Gasteiger partial charge is 0.508 e. The minimum Gasteiger partial charge on any atom is -0.508 e. The lowest BCUT2D eigenvalue weighted by Gasteiger charge is -1.95. The Labute approximate surface area is 111 Å². The average Bonchev–Trinajstić information content (AvgIpc) is 2.33. The second-order valence-electron chi connectivity index (χ2n) is 3.80. The molecule has 0 aliphatic carbocycles. The Bertz CT molecular complexity index is 594. The van der Waals surface area contributed by atoms with Gasteiger partial charge in [-0.25, -0.2) is 0 Å². The van der Waals surface area contributed by atoms with Crippen LogP contribution in [0, 0.1) is 6.92 Å². The molecule has 0 saturated heterocycles. The van der Waals surface area contributed by atoms with E-state index < -0.39 is 10.1 Å². The van der Waals surface area contributed by atoms with E-state index in [0.29, 0.717) is 0 Å². The summed E-state index contributed by atoms with van der Waals surface area (Å²) in [5.74, 6) is 0.339. The first-order valence-corrected chi connectivity index (χ1v) is 6.75. The molecule has 0 spiro atoms. The van der Waals surface area contributed by atoms with E-state index in [0.717, 1.165) is 5.56 Å². The molecule has 19 heavy (non-hydrogen) atoms. The zero-order valence-electron chi connectivity index (χ0n) is 10.2. The van der Waals surface area contributed by atoms with E-state index in [4.69, 9.17) is 14.8 Å². The number of rotatable bonds is 1. The molecule has 3 N–H and O–H groups in total. The van der Waals surface area contributed by atoms with Gasteiger partial charge in [0.2, 0.25) is 0 Å². The maximum atomic E-state index is 10.5. The molecular formula is C13H14O5S. The Morgan fingerprint density at radius 1 is 0.789 bits per heavy atom. The van der Waals surface area contributed by atoms with E-state index in [9.17, 15) is 8.42 Å². The minimum absolute atomic E-state index is 0.0666. The lowest BCUT2D eigenvalue weighted by molar-refractivity contribution is 0.460. The number of phenols is 2. The summed E-state index contributed by atoms with van der Waals surface area (Å²) in [6.07, 6.45) is 0. The molecule has 0 aliphatic heterocycles. The van der Waals surface area contributed by atoms with Gasteiger partial charge in [-0.1, -0.05) is 17.7 Å². The summed E-state index contributed by atoms with van der Waals surface area (Å²) < 4.78 is 29.6. The van der Waals surface area contributed by atoms with Crippen molar-refractivity contribution in [2.45, 2.75) is 11.8 Å². The summed E-state index contributed by atoms with van der Waals surface area (Å²) in [4.78, 5) is -0.0666. The third kappa shape index (κ3) is 5.41. The maximum Gasteiger partial charge on any atom is 0.294 e. The Morgan fingerprint density at radius 3 is 1.47 bits per heavy atom. The second-order valence-corrected chi connectivity index (χ2v) is 5.23. The van der Waals surface area contributed by atoms with Crippen molar-refractivity contribution < 1.29 is 23.2 Å². The summed E-state index contributed by atoms with van der Waals surface area (Å²) in [5.41, 5.74) is 0.956. The molecule has 0 aromatic heterocycles. The van der Waals surface area contributed by atoms with Crippen molar-refractivity contribution in [3.05, 3.63) is 54.1 Å². The van der Waals surface area contributed by atoms with Crippen molar-refractivity contribution in [1.29, 1.82) is 0 Å². The van der Waals surface area contributed by atoms with Gasteiger partial charge in [0.05, 0.1) is 4.90 Å². The van der Waals surface area contributed by atoms with Crippen LogP contribution in [0.25, 0.3) is 0 Å². The van der Waals surface area contributed by atoms with Crippen LogP contribution in [0.5, 0.6) is 11.5 Å². The zero-order chi connectivity index (χ0) is 14.5. The lowest BCUT2D eigenvalue weighted by atomic mass is 10.2. The van der Waals surface area contributed by atoms with Crippen molar-refractivity contribution in [3.8, 4) is 11.5 Å². The molecule has 0 saturated carbocycles. The Kier molecular flexibility index (Phi) is 4.91. The van der Waals surface area contributed by atoms with Crippen LogP contribution >= 0.6 is 0 Å². The fourth-order valence-corrected chi connectivity index (χ4v) is 1.64. The molecule has 5 nitrogen and oxygen atoms in total. The summed E-state index contributed by atoms with van der Waals surface area (Å²) in [6, 6.07) is 11.7. The van der Waals surface area contributed by atoms with Crippen molar-refractivity contribution in [3.63, 3.8) is 0 Å². The quantitative estimate of drug-likeness (QED) is 0.551. The van der Waals surface area contributed by atoms with E-state index >= 15 is 0 Å². The van der Waals surface area contributed by atoms with Crippen molar-refractivity contribution in [1.82, 2.24) is 0 Å². The van der Waals surface area contributed by atoms with Gasteiger partial charge in [-0.2, -0.15) is 8.42 Å². The summed E-state index contributed by atoms with van der Waals surface area (Å²) in [6.45, 7) is 1.84. The predicted octanol–water partition coefficient (Wildman–Crippen LogP) is 2.34. The van der Waals surface area contributed by atoms with Crippen LogP contribution in [0.1, 0.15) is 5.56 Å². The number of phenolic OH excluding ortho intramolecular Hbond substituents is 2. The van der Waals surface area contributed by atoms with Gasteiger partial charge < -0.3 is 10.2 Å². The number of aromatic hydroxyl groups is 2. The molecule has 0 amide bonds. The molecular weight excluding hydrogens is 268 g/mol. The van der Waals surface area contributed by atoms with E-state index in [1.807, 2.05) is 6.92 Å². The molecule has 0 heterocycles. The predicted molar refractivity (Wildman–Crippen MR) is 70.8 cm³/mol. The number of aryl methyl sites for hydroxylation is 1. The van der Waals surface area contributed by atoms with Gasteiger partial charge in [0.25, 0.3) is 10.1 Å². The van der Waals surface area contributed by atoms with Crippen LogP contribution in [0.3, 0.4) is 0 Å². The first-order valence-electron chi connectivity index (χ1n) is 5.31. The molecule has 2 aromatic rings. The van der Waals surface area contributed by atoms with Crippen LogP contribution in [0.4, 0.5) is 0 Å². The van der Waals surface area contributed by atoms with Crippen molar-refractivity contribution >= 4 is 10.1 Å². The fourth-order valence-electron chi connectivity index (χ4n) is 1.16. The molecule has 2 aromatic carbocycles. The topological polar surface area (TPSA) is 94.8 Å². The molecule has 0 radical (unpaired) electrons. The van der Waals surface area contributed by atoms with Gasteiger partial charge in [0, 0.05) is 0 Å². The molecule has 0 atom stereocenters. The van der Waals surface area contributed by atoms with Gasteiger partial charge in [-0.3, -0.25) is 4.55 Å². The van der Waals surface area contributed by atoms with Gasteiger partial charge in [-0.15, -0.1) is 0 Å². The molecule has 0 bridgehead atoms. The van der Waals surface area contributed by atoms with Gasteiger partial charge in [0.1, 0.15) is 11.5 Å². The maximum absolute atomic E-state index is 10.5. The third-order valence-electron chi connectivity index (χ3n) is 2.17. The van der Waals surface area contributed by atoms with Gasteiger partial charge >= 0.3 is 0 Å². The Balaban J connectivity index is 0.000000200. The third-order valence-corrected chi connectivity index (χ3v) is 3.04. The van der Waals surface area contributed by atoms with E-state index in [1.54, 1.807) is 12.1 Å². The first kappa shape index (κ1) is 15.0. The molecule has 0 fully saturated rings. The molecule has 0 unspecified atom stereocenters. The minimum atomic E-state index is -4.02. The highest BCUT2D eigenvalue weighted by molar-refractivity contribution is 7.85. The van der Waals surface area contributed by atoms with E-state index in [2.05, 4.69) is 0 Å². The summed E-state index contributed by atoms with van der Waals surface area (Å²) in [7, 11) is -4.02. The van der Waals surface area contributed by atoms with Crippen LogP contribution < -0.4 is 0 Å². The van der Waals surface area contributed by atoms with Crippen molar-refractivity contribution in [2.24, 2.45) is 0 Å². The van der Waals surface area contributed by atoms with E-state index in [-0.39, 0.29) is 16.4 Å². The Hall–Kier alpha value is -2.05. The van der Waals surface area contributed by atoms with E-state index in [1.165, 1.54) is 36.4 Å². The monoisotopic (exact) mass is 282 g/mol. The van der Waals surface area contributed by atoms with Crippen LogP contribution in [-0.4, -0.2) is 23.2 Å².